The second kappa shape index (κ2) is 21.1. The van der Waals surface area contributed by atoms with Gasteiger partial charge in [-0.15, -0.1) is 0 Å². The Morgan fingerprint density at radius 3 is 1.81 bits per heavy atom. The lowest BCUT2D eigenvalue weighted by Crippen LogP contribution is -2.15. The second-order valence-corrected chi connectivity index (χ2v) is 9.64. The van der Waals surface area contributed by atoms with Gasteiger partial charge >= 0.3 is 6.18 Å². The number of alkyl halides is 3. The summed E-state index contributed by atoms with van der Waals surface area (Å²) in [7, 11) is 0. The minimum Gasteiger partial charge on any atom is -0.353 e. The maximum atomic E-state index is 12.7. The number of carbonyl (C=O) groups excluding carboxylic acids is 1. The van der Waals surface area contributed by atoms with Crippen LogP contribution in [0.2, 0.25) is 0 Å². The molecule has 0 aliphatic heterocycles. The Morgan fingerprint density at radius 1 is 0.857 bits per heavy atom. The molecule has 0 unspecified atom stereocenters. The van der Waals surface area contributed by atoms with Gasteiger partial charge in [-0.3, -0.25) is 4.79 Å². The van der Waals surface area contributed by atoms with Gasteiger partial charge in [-0.1, -0.05) is 106 Å². The van der Waals surface area contributed by atoms with Crippen molar-refractivity contribution in [3.05, 3.63) is 125 Å². The summed E-state index contributed by atoms with van der Waals surface area (Å²) in [5.74, 6) is -0.483. The summed E-state index contributed by atoms with van der Waals surface area (Å²) in [6, 6.07) is 22.5. The van der Waals surface area contributed by atoms with E-state index in [0.29, 0.717) is 18.7 Å². The Balaban J connectivity index is 0.000000677. The summed E-state index contributed by atoms with van der Waals surface area (Å²) in [5, 5.41) is 2.74. The number of ketones is 1. The van der Waals surface area contributed by atoms with Crippen LogP contribution in [0, 0.1) is 26.6 Å². The summed E-state index contributed by atoms with van der Waals surface area (Å²) in [6.07, 6.45) is -0.495. The number of unbranched alkanes of at least 4 members (excludes halogenated alkanes) is 1. The number of Topliss-reactive ketones (excluding diaryl/α,β-unsaturated/α-hetero) is 1. The molecular formula is C35H46F4N2O. The normalized spacial score (nSPS) is 10.6. The Bertz CT molecular complexity index is 1210. The molecule has 0 saturated heterocycles. The molecule has 0 aromatic heterocycles. The van der Waals surface area contributed by atoms with Crippen LogP contribution in [0.1, 0.15) is 68.7 Å². The number of benzene rings is 3. The molecule has 42 heavy (non-hydrogen) atoms. The van der Waals surface area contributed by atoms with Crippen LogP contribution in [-0.2, 0) is 11.3 Å². The van der Waals surface area contributed by atoms with Crippen molar-refractivity contribution < 1.29 is 22.4 Å². The molecule has 3 aromatic rings. The minimum absolute atomic E-state index is 0.0856. The maximum absolute atomic E-state index is 12.7. The Labute approximate surface area is 249 Å². The van der Waals surface area contributed by atoms with Crippen LogP contribution >= 0.6 is 0 Å². The Kier molecular flexibility index (Phi) is 19.2. The zero-order valence-electron chi connectivity index (χ0n) is 25.7. The monoisotopic (exact) mass is 586 g/mol. The van der Waals surface area contributed by atoms with Gasteiger partial charge in [0.1, 0.15) is 5.82 Å². The fourth-order valence-corrected chi connectivity index (χ4v) is 3.06. The number of carbonyl (C=O) groups is 1. The van der Waals surface area contributed by atoms with E-state index in [1.54, 1.807) is 57.2 Å². The molecule has 3 nitrogen and oxygen atoms in total. The number of hydrogen-bond acceptors (Lipinski definition) is 3. The molecule has 230 valence electrons. The van der Waals surface area contributed by atoms with E-state index in [9.17, 15) is 22.4 Å². The SMILES string of the molecule is C=C(/C=C(\Nc1cccc(CN)c1)C(=O)CCC)C(F)(F)F.CCCC.Cc1cccc(C)c1F.Cc1ccccc1. The number of nitrogens with two attached hydrogens (primary N) is 1. The van der Waals surface area contributed by atoms with Crippen molar-refractivity contribution in [1.82, 2.24) is 0 Å². The molecule has 0 fully saturated rings. The molecule has 0 radical (unpaired) electrons. The van der Waals surface area contributed by atoms with E-state index in [0.717, 1.165) is 22.8 Å². The fourth-order valence-electron chi connectivity index (χ4n) is 3.06. The van der Waals surface area contributed by atoms with Crippen molar-refractivity contribution in [3.8, 4) is 0 Å². The van der Waals surface area contributed by atoms with Crippen LogP contribution in [0.25, 0.3) is 0 Å². The Morgan fingerprint density at radius 2 is 1.40 bits per heavy atom. The molecule has 0 saturated carbocycles. The van der Waals surface area contributed by atoms with Crippen LogP contribution < -0.4 is 11.1 Å². The van der Waals surface area contributed by atoms with Gasteiger partial charge in [-0.05, 0) is 62.1 Å². The highest BCUT2D eigenvalue weighted by Crippen LogP contribution is 2.26. The molecule has 3 aromatic carbocycles. The van der Waals surface area contributed by atoms with Gasteiger partial charge in [0.15, 0.2) is 5.78 Å². The quantitative estimate of drug-likeness (QED) is 0.157. The predicted molar refractivity (Wildman–Crippen MR) is 169 cm³/mol. The van der Waals surface area contributed by atoms with Gasteiger partial charge in [0.05, 0.1) is 11.3 Å². The van der Waals surface area contributed by atoms with Crippen LogP contribution in [0.5, 0.6) is 0 Å². The molecule has 0 amide bonds. The molecule has 0 spiro atoms. The number of anilines is 1. The molecule has 0 aliphatic rings. The highest BCUT2D eigenvalue weighted by molar-refractivity contribution is 5.98. The van der Waals surface area contributed by atoms with E-state index in [-0.39, 0.29) is 17.9 Å². The number of halogens is 4. The topological polar surface area (TPSA) is 55.1 Å². The summed E-state index contributed by atoms with van der Waals surface area (Å²) in [4.78, 5) is 12.0. The number of rotatable bonds is 8. The molecule has 7 heteroatoms. The van der Waals surface area contributed by atoms with Gasteiger partial charge in [-0.2, -0.15) is 13.2 Å². The average Bonchev–Trinajstić information content (AvgIpc) is 2.96. The third-order valence-electron chi connectivity index (χ3n) is 5.73. The van der Waals surface area contributed by atoms with Crippen molar-refractivity contribution in [2.75, 3.05) is 5.32 Å². The lowest BCUT2D eigenvalue weighted by Gasteiger charge is -2.13. The molecule has 0 heterocycles. The third-order valence-corrected chi connectivity index (χ3v) is 5.73. The standard InChI is InChI=1S/C16H19F3N2O.C8H9F.C7H8.C4H10/c1-3-5-15(22)14(8-11(2)16(17,18)19)21-13-7-4-6-12(9-13)10-20;1-6-4-3-5-7(2)8(6)9;1-7-5-3-2-4-6-7;1-3-4-2/h4,6-9,21H,2-3,5,10,20H2,1H3;3-5H,1-2H3;2-6H,1H3;3-4H2,1-2H3/b14-8-;;;. The number of allylic oxidation sites excluding steroid dienone is 3. The van der Waals surface area contributed by atoms with Crippen LogP contribution in [-0.4, -0.2) is 12.0 Å². The van der Waals surface area contributed by atoms with Crippen molar-refractivity contribution in [1.29, 1.82) is 0 Å². The Hall–Kier alpha value is -3.71. The highest BCUT2D eigenvalue weighted by Gasteiger charge is 2.31. The first-order chi connectivity index (χ1) is 19.8. The molecular weight excluding hydrogens is 540 g/mol. The number of aryl methyl sites for hydroxylation is 3. The average molecular weight is 587 g/mol. The van der Waals surface area contributed by atoms with E-state index in [4.69, 9.17) is 5.73 Å². The lowest BCUT2D eigenvalue weighted by molar-refractivity contribution is -0.115. The van der Waals surface area contributed by atoms with E-state index < -0.39 is 17.5 Å². The summed E-state index contributed by atoms with van der Waals surface area (Å²) in [5.41, 5.74) is 8.39. The third kappa shape index (κ3) is 16.5. The maximum Gasteiger partial charge on any atom is 0.415 e. The molecule has 0 atom stereocenters. The fraction of sp³-hybridized carbons (Fsp3) is 0.343. The van der Waals surface area contributed by atoms with Gasteiger partial charge in [0.25, 0.3) is 0 Å². The zero-order valence-corrected chi connectivity index (χ0v) is 25.7. The highest BCUT2D eigenvalue weighted by atomic mass is 19.4. The number of hydrogen-bond donors (Lipinski definition) is 2. The van der Waals surface area contributed by atoms with Crippen molar-refractivity contribution in [3.63, 3.8) is 0 Å². The largest absolute Gasteiger partial charge is 0.415 e. The first-order valence-electron chi connectivity index (χ1n) is 14.1. The van der Waals surface area contributed by atoms with Gasteiger partial charge in [0.2, 0.25) is 0 Å². The van der Waals surface area contributed by atoms with Crippen molar-refractivity contribution >= 4 is 11.5 Å². The summed E-state index contributed by atoms with van der Waals surface area (Å²) >= 11 is 0. The van der Waals surface area contributed by atoms with Crippen LogP contribution in [0.15, 0.2) is 96.7 Å². The first-order valence-corrected chi connectivity index (χ1v) is 14.1. The number of nitrogens with one attached hydrogen (secondary N) is 1. The molecule has 3 rings (SSSR count). The van der Waals surface area contributed by atoms with E-state index >= 15 is 0 Å². The van der Waals surface area contributed by atoms with Gasteiger partial charge in [-0.25, -0.2) is 4.39 Å². The predicted octanol–water partition coefficient (Wildman–Crippen LogP) is 10.2. The molecule has 0 bridgehead atoms. The molecule has 0 aliphatic carbocycles. The van der Waals surface area contributed by atoms with Crippen molar-refractivity contribution in [2.24, 2.45) is 5.73 Å². The van der Waals surface area contributed by atoms with Crippen LogP contribution in [0.4, 0.5) is 23.2 Å². The second-order valence-electron chi connectivity index (χ2n) is 9.64. The van der Waals surface area contributed by atoms with E-state index in [1.807, 2.05) is 24.3 Å². The van der Waals surface area contributed by atoms with Gasteiger partial charge < -0.3 is 11.1 Å². The van der Waals surface area contributed by atoms with Crippen LogP contribution in [0.3, 0.4) is 0 Å². The van der Waals surface area contributed by atoms with Gasteiger partial charge in [0, 0.05) is 18.7 Å². The van der Waals surface area contributed by atoms with E-state index in [2.05, 4.69) is 44.8 Å². The first kappa shape index (κ1) is 38.3. The lowest BCUT2D eigenvalue weighted by atomic mass is 10.1. The summed E-state index contributed by atoms with van der Waals surface area (Å²) < 4.78 is 50.6. The molecule has 3 N–H and O–H groups in total. The zero-order chi connectivity index (χ0) is 32.1. The summed E-state index contributed by atoms with van der Waals surface area (Å²) in [6.45, 7) is 15.0. The van der Waals surface area contributed by atoms with Crippen molar-refractivity contribution in [2.45, 2.75) is 79.9 Å². The van der Waals surface area contributed by atoms with E-state index in [1.165, 1.54) is 18.4 Å². The minimum atomic E-state index is -4.57. The smallest absolute Gasteiger partial charge is 0.353 e.